The Kier molecular flexibility index (Phi) is 5.38. The van der Waals surface area contributed by atoms with Gasteiger partial charge >= 0.3 is 0 Å². The van der Waals surface area contributed by atoms with Crippen LogP contribution in [0.1, 0.15) is 31.2 Å². The number of carbonyl (C=O) groups is 1. The zero-order valence-corrected chi connectivity index (χ0v) is 14.5. The smallest absolute Gasteiger partial charge is 0.230 e. The van der Waals surface area contributed by atoms with Crippen molar-refractivity contribution in [3.8, 4) is 0 Å². The number of carbonyl (C=O) groups excluding carboxylic acids is 1. The van der Waals surface area contributed by atoms with Crippen molar-refractivity contribution >= 4 is 29.0 Å². The first-order valence-corrected chi connectivity index (χ1v) is 9.79. The number of benzene rings is 1. The Labute approximate surface area is 144 Å². The lowest BCUT2D eigenvalue weighted by molar-refractivity contribution is -0.118. The average Bonchev–Trinajstić information content (AvgIpc) is 3.24. The van der Waals surface area contributed by atoms with E-state index in [1.807, 2.05) is 0 Å². The predicted octanol–water partition coefficient (Wildman–Crippen LogP) is 4.61. The highest BCUT2D eigenvalue weighted by atomic mass is 32.2. The van der Waals surface area contributed by atoms with E-state index in [2.05, 4.69) is 22.1 Å². The van der Waals surface area contributed by atoms with Crippen LogP contribution in [0.5, 0.6) is 0 Å². The lowest BCUT2D eigenvalue weighted by Gasteiger charge is -2.28. The average molecular weight is 349 g/mol. The fourth-order valence-corrected chi connectivity index (χ4v) is 4.69. The van der Waals surface area contributed by atoms with Gasteiger partial charge in [-0.1, -0.05) is 12.8 Å². The van der Waals surface area contributed by atoms with E-state index in [1.54, 1.807) is 23.5 Å². The maximum absolute atomic E-state index is 12.9. The fourth-order valence-electron chi connectivity index (χ4n) is 3.18. The van der Waals surface area contributed by atoms with Gasteiger partial charge in [0, 0.05) is 16.9 Å². The molecule has 1 aromatic heterocycles. The summed E-state index contributed by atoms with van der Waals surface area (Å²) in [4.78, 5) is 13.1. The molecule has 2 aromatic rings. The number of thioether (sulfide) groups is 1. The standard InChI is InChI=1S/C18H20FNOS2/c19-15-3-5-16(6-4-15)23-12-17(21)20-13-18(8-1-2-9-18)14-7-10-22-11-14/h3-7,10-11H,1-2,8-9,12-13H2,(H,20,21). The zero-order valence-electron chi connectivity index (χ0n) is 12.9. The van der Waals surface area contributed by atoms with E-state index in [9.17, 15) is 9.18 Å². The number of rotatable bonds is 6. The second-order valence-corrected chi connectivity index (χ2v) is 7.85. The molecule has 1 saturated carbocycles. The third kappa shape index (κ3) is 4.15. The van der Waals surface area contributed by atoms with Crippen LogP contribution in [0, 0.1) is 5.82 Å². The van der Waals surface area contributed by atoms with Gasteiger partial charge in [0.05, 0.1) is 5.75 Å². The second-order valence-electron chi connectivity index (χ2n) is 6.02. The summed E-state index contributed by atoms with van der Waals surface area (Å²) in [6.07, 6.45) is 4.76. The van der Waals surface area contributed by atoms with Gasteiger partial charge in [-0.05, 0) is 59.5 Å². The Bertz CT molecular complexity index is 634. The molecule has 0 unspecified atom stereocenters. The Morgan fingerprint density at radius 2 is 1.96 bits per heavy atom. The monoisotopic (exact) mass is 349 g/mol. The molecule has 1 amide bonds. The number of thiophene rings is 1. The van der Waals surface area contributed by atoms with Crippen molar-refractivity contribution in [2.45, 2.75) is 36.0 Å². The van der Waals surface area contributed by atoms with Crippen LogP contribution in [-0.4, -0.2) is 18.2 Å². The normalized spacial score (nSPS) is 16.4. The zero-order chi connectivity index (χ0) is 16.1. The van der Waals surface area contributed by atoms with Crippen LogP contribution in [0.4, 0.5) is 4.39 Å². The summed E-state index contributed by atoms with van der Waals surface area (Å²) in [6.45, 7) is 0.715. The van der Waals surface area contributed by atoms with Crippen LogP contribution in [0.25, 0.3) is 0 Å². The molecule has 122 valence electrons. The van der Waals surface area contributed by atoms with Gasteiger partial charge in [-0.25, -0.2) is 4.39 Å². The third-order valence-electron chi connectivity index (χ3n) is 4.50. The Morgan fingerprint density at radius 1 is 1.22 bits per heavy atom. The maximum atomic E-state index is 12.9. The maximum Gasteiger partial charge on any atom is 0.230 e. The molecule has 23 heavy (non-hydrogen) atoms. The van der Waals surface area contributed by atoms with Crippen molar-refractivity contribution in [1.29, 1.82) is 0 Å². The predicted molar refractivity (Wildman–Crippen MR) is 94.6 cm³/mol. The molecule has 1 aliphatic rings. The van der Waals surface area contributed by atoms with Crippen molar-refractivity contribution in [3.05, 3.63) is 52.5 Å². The van der Waals surface area contributed by atoms with Crippen LogP contribution in [0.2, 0.25) is 0 Å². The van der Waals surface area contributed by atoms with E-state index in [0.717, 1.165) is 17.7 Å². The first-order valence-electron chi connectivity index (χ1n) is 7.86. The van der Waals surface area contributed by atoms with Crippen LogP contribution in [0.15, 0.2) is 46.0 Å². The van der Waals surface area contributed by atoms with Crippen molar-refractivity contribution in [3.63, 3.8) is 0 Å². The van der Waals surface area contributed by atoms with Gasteiger partial charge in [-0.15, -0.1) is 11.8 Å². The van der Waals surface area contributed by atoms with Gasteiger partial charge in [-0.2, -0.15) is 11.3 Å². The minimum absolute atomic E-state index is 0.0424. The molecule has 1 N–H and O–H groups in total. The Morgan fingerprint density at radius 3 is 2.61 bits per heavy atom. The highest BCUT2D eigenvalue weighted by Crippen LogP contribution is 2.41. The number of hydrogen-bond donors (Lipinski definition) is 1. The molecule has 1 heterocycles. The second kappa shape index (κ2) is 7.49. The van der Waals surface area contributed by atoms with Crippen molar-refractivity contribution in [1.82, 2.24) is 5.32 Å². The molecular formula is C18H20FNOS2. The van der Waals surface area contributed by atoms with E-state index in [4.69, 9.17) is 0 Å². The molecule has 0 atom stereocenters. The fraction of sp³-hybridized carbons (Fsp3) is 0.389. The molecule has 0 spiro atoms. The summed E-state index contributed by atoms with van der Waals surface area (Å²) in [7, 11) is 0. The van der Waals surface area contributed by atoms with Crippen molar-refractivity contribution in [2.24, 2.45) is 0 Å². The Balaban J connectivity index is 1.52. The first-order chi connectivity index (χ1) is 11.2. The molecule has 1 aromatic carbocycles. The topological polar surface area (TPSA) is 29.1 Å². The van der Waals surface area contributed by atoms with Gasteiger partial charge in [0.25, 0.3) is 0 Å². The third-order valence-corrected chi connectivity index (χ3v) is 6.20. The highest BCUT2D eigenvalue weighted by molar-refractivity contribution is 8.00. The first kappa shape index (κ1) is 16.5. The number of amides is 1. The molecule has 0 bridgehead atoms. The molecular weight excluding hydrogens is 329 g/mol. The van der Waals surface area contributed by atoms with Crippen molar-refractivity contribution < 1.29 is 9.18 Å². The summed E-state index contributed by atoms with van der Waals surface area (Å²) >= 11 is 3.16. The van der Waals surface area contributed by atoms with Crippen LogP contribution in [-0.2, 0) is 10.2 Å². The van der Waals surface area contributed by atoms with Crippen LogP contribution >= 0.6 is 23.1 Å². The largest absolute Gasteiger partial charge is 0.354 e. The van der Waals surface area contributed by atoms with Gasteiger partial charge in [0.1, 0.15) is 5.82 Å². The summed E-state index contributed by atoms with van der Waals surface area (Å²) in [5, 5.41) is 7.43. The summed E-state index contributed by atoms with van der Waals surface area (Å²) in [5.41, 5.74) is 1.49. The Hall–Kier alpha value is -1.33. The van der Waals surface area contributed by atoms with Gasteiger partial charge in [0.15, 0.2) is 0 Å². The molecule has 3 rings (SSSR count). The molecule has 0 radical (unpaired) electrons. The van der Waals surface area contributed by atoms with Crippen LogP contribution in [0.3, 0.4) is 0 Å². The summed E-state index contributed by atoms with van der Waals surface area (Å²) < 4.78 is 12.9. The number of hydrogen-bond acceptors (Lipinski definition) is 3. The number of nitrogens with one attached hydrogen (secondary N) is 1. The lowest BCUT2D eigenvalue weighted by Crippen LogP contribution is -2.39. The highest BCUT2D eigenvalue weighted by Gasteiger charge is 2.36. The lowest BCUT2D eigenvalue weighted by atomic mass is 9.80. The van der Waals surface area contributed by atoms with E-state index in [1.165, 1.54) is 42.3 Å². The van der Waals surface area contributed by atoms with E-state index in [0.29, 0.717) is 12.3 Å². The molecule has 0 saturated heterocycles. The van der Waals surface area contributed by atoms with Gasteiger partial charge < -0.3 is 5.32 Å². The minimum Gasteiger partial charge on any atom is -0.354 e. The van der Waals surface area contributed by atoms with E-state index in [-0.39, 0.29) is 17.1 Å². The summed E-state index contributed by atoms with van der Waals surface area (Å²) in [6, 6.07) is 8.44. The van der Waals surface area contributed by atoms with Crippen molar-refractivity contribution in [2.75, 3.05) is 12.3 Å². The minimum atomic E-state index is -0.252. The number of halogens is 1. The van der Waals surface area contributed by atoms with Gasteiger partial charge in [-0.3, -0.25) is 4.79 Å². The molecule has 1 fully saturated rings. The summed E-state index contributed by atoms with van der Waals surface area (Å²) in [5.74, 6) is 0.157. The van der Waals surface area contributed by atoms with E-state index >= 15 is 0 Å². The molecule has 0 aliphatic heterocycles. The van der Waals surface area contributed by atoms with E-state index < -0.39 is 0 Å². The molecule has 2 nitrogen and oxygen atoms in total. The molecule has 1 aliphatic carbocycles. The quantitative estimate of drug-likeness (QED) is 0.772. The SMILES string of the molecule is O=C(CSc1ccc(F)cc1)NCC1(c2ccsc2)CCCC1. The molecule has 5 heteroatoms. The van der Waals surface area contributed by atoms with Crippen LogP contribution < -0.4 is 5.32 Å². The van der Waals surface area contributed by atoms with Gasteiger partial charge in [0.2, 0.25) is 5.91 Å².